The third-order valence-electron chi connectivity index (χ3n) is 4.69. The zero-order valence-electron chi connectivity index (χ0n) is 16.1. The van der Waals surface area contributed by atoms with Crippen LogP contribution >= 0.6 is 11.3 Å². The molecule has 0 radical (unpaired) electrons. The third-order valence-corrected chi connectivity index (χ3v) is 5.66. The van der Waals surface area contributed by atoms with Gasteiger partial charge < -0.3 is 14.6 Å². The molecule has 0 bridgehead atoms. The molecule has 0 atom stereocenters. The fourth-order valence-electron chi connectivity index (χ4n) is 3.10. The summed E-state index contributed by atoms with van der Waals surface area (Å²) < 4.78 is 12.7. The van der Waals surface area contributed by atoms with Gasteiger partial charge in [-0.25, -0.2) is 14.2 Å². The van der Waals surface area contributed by atoms with Crippen LogP contribution in [0.3, 0.4) is 0 Å². The Morgan fingerprint density at radius 3 is 2.69 bits per heavy atom. The molecule has 1 N–H and O–H groups in total. The highest BCUT2D eigenvalue weighted by Gasteiger charge is 2.13. The summed E-state index contributed by atoms with van der Waals surface area (Å²) in [5, 5.41) is 8.76. The van der Waals surface area contributed by atoms with Crippen LogP contribution in [-0.4, -0.2) is 34.2 Å². The molecule has 0 aliphatic heterocycles. The van der Waals surface area contributed by atoms with E-state index >= 15 is 0 Å². The zero-order valence-corrected chi connectivity index (χ0v) is 16.9. The van der Waals surface area contributed by atoms with Crippen molar-refractivity contribution in [2.75, 3.05) is 13.7 Å². The topological polar surface area (TPSA) is 90.1 Å². The molecular weight excluding hydrogens is 392 g/mol. The molecule has 0 unspecified atom stereocenters. The lowest BCUT2D eigenvalue weighted by Crippen LogP contribution is -2.22. The van der Waals surface area contributed by atoms with Gasteiger partial charge in [-0.1, -0.05) is 17.4 Å². The monoisotopic (exact) mass is 410 g/mol. The van der Waals surface area contributed by atoms with Crippen LogP contribution in [0.5, 0.6) is 11.5 Å². The Morgan fingerprint density at radius 1 is 1.21 bits per heavy atom. The summed E-state index contributed by atoms with van der Waals surface area (Å²) in [5.41, 5.74) is 4.48. The number of thiazole rings is 1. The maximum Gasteiger partial charge on any atom is 0.341 e. The fraction of sp³-hybridized carbons (Fsp3) is 0.190. The number of nitrogens with zero attached hydrogens (tertiary/aromatic N) is 2. The number of rotatable bonds is 5. The fourth-order valence-corrected chi connectivity index (χ4v) is 4.09. The molecule has 0 saturated heterocycles. The van der Waals surface area contributed by atoms with Gasteiger partial charge in [0.15, 0.2) is 23.1 Å². The predicted molar refractivity (Wildman–Crippen MR) is 111 cm³/mol. The summed E-state index contributed by atoms with van der Waals surface area (Å²) in [5.74, 6) is -0.351. The summed E-state index contributed by atoms with van der Waals surface area (Å²) in [6.45, 7) is 3.58. The highest BCUT2D eigenvalue weighted by Crippen LogP contribution is 2.28. The second-order valence-corrected chi connectivity index (χ2v) is 7.67. The highest BCUT2D eigenvalue weighted by molar-refractivity contribution is 7.15. The number of aromatic nitrogens is 2. The molecule has 29 heavy (non-hydrogen) atoms. The van der Waals surface area contributed by atoms with Crippen LogP contribution in [0, 0.1) is 13.8 Å². The second-order valence-electron chi connectivity index (χ2n) is 6.66. The Bertz CT molecular complexity index is 1370. The standard InChI is InChI=1S/C21H18N2O5S/c1-11-6-14-15(7-12(11)2)23-20(26)18(29-21(23)22-14)9-13-4-5-16(17(8-13)27-3)28-10-19(24)25/h4-9H,10H2,1-3H3,(H,24,25)/b18-9-. The van der Waals surface area contributed by atoms with Crippen molar-refractivity contribution in [2.45, 2.75) is 13.8 Å². The van der Waals surface area contributed by atoms with Crippen molar-refractivity contribution < 1.29 is 19.4 Å². The van der Waals surface area contributed by atoms with Gasteiger partial charge in [0, 0.05) is 0 Å². The summed E-state index contributed by atoms with van der Waals surface area (Å²) in [4.78, 5) is 28.9. The first-order chi connectivity index (χ1) is 13.9. The van der Waals surface area contributed by atoms with Crippen LogP contribution in [0.25, 0.3) is 22.1 Å². The number of ether oxygens (including phenoxy) is 2. The van der Waals surface area contributed by atoms with Gasteiger partial charge in [-0.3, -0.25) is 4.79 Å². The Labute approximate surface area is 169 Å². The Kier molecular flexibility index (Phi) is 4.71. The van der Waals surface area contributed by atoms with Crippen molar-refractivity contribution in [2.24, 2.45) is 0 Å². The van der Waals surface area contributed by atoms with Crippen molar-refractivity contribution in [3.8, 4) is 11.5 Å². The predicted octanol–water partition coefficient (Wildman–Crippen LogP) is 2.55. The third kappa shape index (κ3) is 3.42. The molecule has 0 aliphatic carbocycles. The van der Waals surface area contributed by atoms with E-state index < -0.39 is 12.6 Å². The summed E-state index contributed by atoms with van der Waals surface area (Å²) in [7, 11) is 1.47. The highest BCUT2D eigenvalue weighted by atomic mass is 32.1. The number of aliphatic carboxylic acids is 1. The lowest BCUT2D eigenvalue weighted by atomic mass is 10.1. The van der Waals surface area contributed by atoms with Crippen LogP contribution in [-0.2, 0) is 4.79 Å². The average molecular weight is 410 g/mol. The number of fused-ring (bicyclic) bond motifs is 3. The normalized spacial score (nSPS) is 12.0. The van der Waals surface area contributed by atoms with Gasteiger partial charge >= 0.3 is 5.97 Å². The molecule has 2 aromatic carbocycles. The van der Waals surface area contributed by atoms with E-state index in [2.05, 4.69) is 4.98 Å². The lowest BCUT2D eigenvalue weighted by Gasteiger charge is -2.09. The van der Waals surface area contributed by atoms with E-state index in [9.17, 15) is 9.59 Å². The molecule has 2 aromatic heterocycles. The Morgan fingerprint density at radius 2 is 1.97 bits per heavy atom. The van der Waals surface area contributed by atoms with Gasteiger partial charge in [-0.05, 0) is 60.9 Å². The average Bonchev–Trinajstić information content (AvgIpc) is 3.17. The molecule has 148 valence electrons. The first-order valence-corrected chi connectivity index (χ1v) is 9.65. The number of carboxylic acid groups (broad SMARTS) is 1. The first-order valence-electron chi connectivity index (χ1n) is 8.84. The van der Waals surface area contributed by atoms with Gasteiger partial charge in [0.05, 0.1) is 22.7 Å². The second kappa shape index (κ2) is 7.21. The molecular formula is C21H18N2O5S. The number of benzene rings is 2. The van der Waals surface area contributed by atoms with E-state index in [1.165, 1.54) is 18.4 Å². The number of imidazole rings is 1. The van der Waals surface area contributed by atoms with Gasteiger partial charge in [0.25, 0.3) is 5.56 Å². The van der Waals surface area contributed by atoms with Crippen LogP contribution in [0.15, 0.2) is 35.1 Å². The molecule has 7 nitrogen and oxygen atoms in total. The first kappa shape index (κ1) is 18.9. The lowest BCUT2D eigenvalue weighted by molar-refractivity contribution is -0.139. The Balaban J connectivity index is 1.80. The maximum absolute atomic E-state index is 13.0. The quantitative estimate of drug-likeness (QED) is 0.544. The SMILES string of the molecule is COc1cc(/C=c2\sc3nc4cc(C)c(C)cc4n3c2=O)ccc1OCC(=O)O. The molecule has 4 aromatic rings. The van der Waals surface area contributed by atoms with E-state index in [0.717, 1.165) is 27.7 Å². The van der Waals surface area contributed by atoms with Crippen LogP contribution in [0.4, 0.5) is 0 Å². The molecule has 4 rings (SSSR count). The zero-order chi connectivity index (χ0) is 20.7. The minimum atomic E-state index is -1.07. The van der Waals surface area contributed by atoms with Gasteiger partial charge in [-0.2, -0.15) is 0 Å². The Hall–Kier alpha value is -3.39. The molecule has 0 aliphatic rings. The van der Waals surface area contributed by atoms with Crippen LogP contribution in [0.1, 0.15) is 16.7 Å². The molecule has 0 fully saturated rings. The molecule has 8 heteroatoms. The van der Waals surface area contributed by atoms with Crippen molar-refractivity contribution in [1.82, 2.24) is 9.38 Å². The van der Waals surface area contributed by atoms with Crippen molar-refractivity contribution >= 4 is 39.4 Å². The summed E-state index contributed by atoms with van der Waals surface area (Å²) in [6, 6.07) is 9.05. The number of aryl methyl sites for hydroxylation is 2. The molecule has 0 spiro atoms. The van der Waals surface area contributed by atoms with Gasteiger partial charge in [0.1, 0.15) is 0 Å². The molecule has 2 heterocycles. The van der Waals surface area contributed by atoms with E-state index in [-0.39, 0.29) is 5.56 Å². The minimum Gasteiger partial charge on any atom is -0.493 e. The molecule has 0 amide bonds. The van der Waals surface area contributed by atoms with E-state index in [4.69, 9.17) is 14.6 Å². The maximum atomic E-state index is 13.0. The smallest absolute Gasteiger partial charge is 0.341 e. The van der Waals surface area contributed by atoms with Crippen molar-refractivity contribution in [1.29, 1.82) is 0 Å². The number of hydrogen-bond donors (Lipinski definition) is 1. The summed E-state index contributed by atoms with van der Waals surface area (Å²) >= 11 is 1.32. The number of carboxylic acids is 1. The number of carbonyl (C=O) groups is 1. The number of hydrogen-bond acceptors (Lipinski definition) is 6. The van der Waals surface area contributed by atoms with E-state index in [1.54, 1.807) is 28.7 Å². The van der Waals surface area contributed by atoms with Gasteiger partial charge in [-0.15, -0.1) is 0 Å². The van der Waals surface area contributed by atoms with E-state index in [0.29, 0.717) is 21.0 Å². The van der Waals surface area contributed by atoms with Crippen LogP contribution < -0.4 is 19.6 Å². The molecule has 0 saturated carbocycles. The van der Waals surface area contributed by atoms with Gasteiger partial charge in [0.2, 0.25) is 0 Å². The van der Waals surface area contributed by atoms with Crippen molar-refractivity contribution in [3.05, 3.63) is 61.9 Å². The largest absolute Gasteiger partial charge is 0.493 e. The number of methoxy groups -OCH3 is 1. The van der Waals surface area contributed by atoms with Crippen LogP contribution in [0.2, 0.25) is 0 Å². The summed E-state index contributed by atoms with van der Waals surface area (Å²) in [6.07, 6.45) is 1.76. The van der Waals surface area contributed by atoms with E-state index in [1.807, 2.05) is 26.0 Å². The van der Waals surface area contributed by atoms with Crippen molar-refractivity contribution in [3.63, 3.8) is 0 Å². The minimum absolute atomic E-state index is 0.124.